The van der Waals surface area contributed by atoms with E-state index in [9.17, 15) is 14.0 Å². The Morgan fingerprint density at radius 3 is 2.49 bits per heavy atom. The molecule has 1 fully saturated rings. The normalized spacial score (nSPS) is 14.1. The average molecular weight is 602 g/mol. The van der Waals surface area contributed by atoms with Crippen molar-refractivity contribution in [1.82, 2.24) is 14.9 Å². The summed E-state index contributed by atoms with van der Waals surface area (Å²) in [5.74, 6) is 0.874. The van der Waals surface area contributed by atoms with Crippen LogP contribution in [0.3, 0.4) is 0 Å². The van der Waals surface area contributed by atoms with Crippen molar-refractivity contribution in [2.75, 3.05) is 6.54 Å². The van der Waals surface area contributed by atoms with Gasteiger partial charge >= 0.3 is 0 Å². The third kappa shape index (κ3) is 7.66. The fourth-order valence-electron chi connectivity index (χ4n) is 4.99. The first-order chi connectivity index (χ1) is 20.5. The Morgan fingerprint density at radius 2 is 1.84 bits per heavy atom. The number of halogens is 1. The maximum absolute atomic E-state index is 15.0. The maximum Gasteiger partial charge on any atom is 0.226 e. The molecule has 1 aromatic carbocycles. The summed E-state index contributed by atoms with van der Waals surface area (Å²) < 4.78 is 21.8. The number of hydrogen-bond acceptors (Lipinski definition) is 6. The second kappa shape index (κ2) is 12.9. The number of hydrogen-bond donors (Lipinski definition) is 0. The number of ketones is 1. The second-order valence-corrected chi connectivity index (χ2v) is 13.8. The molecular weight excluding hydrogens is 561 g/mol. The van der Waals surface area contributed by atoms with Crippen molar-refractivity contribution >= 4 is 33.2 Å². The Hall–Kier alpha value is -3.65. The third-order valence-corrected chi connectivity index (χ3v) is 9.29. The van der Waals surface area contributed by atoms with Gasteiger partial charge < -0.3 is 9.64 Å². The van der Waals surface area contributed by atoms with E-state index in [1.54, 1.807) is 24.4 Å². The smallest absolute Gasteiger partial charge is 0.226 e. The second-order valence-electron chi connectivity index (χ2n) is 12.8. The lowest BCUT2D eigenvalue weighted by Gasteiger charge is -2.32. The van der Waals surface area contributed by atoms with Crippen LogP contribution >= 0.6 is 11.3 Å². The van der Waals surface area contributed by atoms with Crippen LogP contribution in [-0.2, 0) is 22.6 Å². The number of nitrogens with zero attached hydrogens (tertiary/aromatic N) is 3. The minimum absolute atomic E-state index is 0.0821. The van der Waals surface area contributed by atoms with E-state index in [0.29, 0.717) is 36.7 Å². The summed E-state index contributed by atoms with van der Waals surface area (Å²) in [6.07, 6.45) is 7.44. The fourth-order valence-corrected chi connectivity index (χ4v) is 6.03. The van der Waals surface area contributed by atoms with Crippen LogP contribution in [0.15, 0.2) is 54.9 Å². The minimum Gasteiger partial charge on any atom is -0.453 e. The molecule has 4 aromatic rings. The van der Waals surface area contributed by atoms with Crippen LogP contribution in [0.5, 0.6) is 11.5 Å². The molecule has 1 amide bonds. The van der Waals surface area contributed by atoms with Crippen LogP contribution in [0, 0.1) is 23.1 Å². The van der Waals surface area contributed by atoms with Gasteiger partial charge in [-0.05, 0) is 66.0 Å². The van der Waals surface area contributed by atoms with Crippen LogP contribution in [0.25, 0.3) is 20.8 Å². The molecule has 1 saturated carbocycles. The first-order valence-corrected chi connectivity index (χ1v) is 15.9. The number of fused-ring (bicyclic) bond motifs is 1. The van der Waals surface area contributed by atoms with E-state index < -0.39 is 5.82 Å². The Balaban J connectivity index is 1.30. The molecule has 43 heavy (non-hydrogen) atoms. The van der Waals surface area contributed by atoms with E-state index in [4.69, 9.17) is 9.72 Å². The summed E-state index contributed by atoms with van der Waals surface area (Å²) in [6.45, 7) is 11.6. The Labute approximate surface area is 257 Å². The van der Waals surface area contributed by atoms with Gasteiger partial charge in [-0.15, -0.1) is 11.3 Å². The predicted octanol–water partition coefficient (Wildman–Crippen LogP) is 8.62. The summed E-state index contributed by atoms with van der Waals surface area (Å²) in [6, 6.07) is 12.4. The summed E-state index contributed by atoms with van der Waals surface area (Å²) in [5.41, 5.74) is 3.06. The molecule has 1 atom stereocenters. The van der Waals surface area contributed by atoms with Gasteiger partial charge in [0.05, 0.1) is 20.8 Å². The molecule has 3 aromatic heterocycles. The number of amides is 1. The number of aromatic nitrogens is 2. The number of thiophene rings is 1. The lowest BCUT2D eigenvalue weighted by atomic mass is 9.81. The van der Waals surface area contributed by atoms with E-state index >= 15 is 0 Å². The first kappa shape index (κ1) is 30.8. The van der Waals surface area contributed by atoms with Gasteiger partial charge in [-0.1, -0.05) is 46.8 Å². The number of Topliss-reactive ketones (excluding diaryl/α,β-unsaturated/α-hetero) is 1. The molecule has 0 unspecified atom stereocenters. The minimum atomic E-state index is -0.497. The van der Waals surface area contributed by atoms with E-state index in [0.717, 1.165) is 45.6 Å². The van der Waals surface area contributed by atoms with Crippen molar-refractivity contribution in [2.45, 2.75) is 73.3 Å². The van der Waals surface area contributed by atoms with E-state index in [2.05, 4.69) is 32.7 Å². The Bertz CT molecular complexity index is 1610. The number of pyridine rings is 2. The van der Waals surface area contributed by atoms with Crippen molar-refractivity contribution in [3.63, 3.8) is 0 Å². The topological polar surface area (TPSA) is 72.4 Å². The molecule has 0 spiro atoms. The van der Waals surface area contributed by atoms with Gasteiger partial charge in [-0.2, -0.15) is 0 Å². The first-order valence-electron chi connectivity index (χ1n) is 15.1. The maximum atomic E-state index is 15.0. The van der Waals surface area contributed by atoms with Crippen LogP contribution in [-0.4, -0.2) is 33.1 Å². The van der Waals surface area contributed by atoms with E-state index in [-0.39, 0.29) is 35.2 Å². The van der Waals surface area contributed by atoms with Gasteiger partial charge in [-0.3, -0.25) is 19.6 Å². The zero-order valence-electron chi connectivity index (χ0n) is 25.7. The van der Waals surface area contributed by atoms with Gasteiger partial charge in [0.15, 0.2) is 11.6 Å². The number of rotatable bonds is 12. The van der Waals surface area contributed by atoms with Crippen molar-refractivity contribution in [1.29, 1.82) is 0 Å². The molecule has 0 N–H and O–H groups in total. The quantitative estimate of drug-likeness (QED) is 0.163. The van der Waals surface area contributed by atoms with Crippen LogP contribution in [0.2, 0.25) is 0 Å². The van der Waals surface area contributed by atoms with Gasteiger partial charge in [0.1, 0.15) is 11.5 Å². The van der Waals surface area contributed by atoms with E-state index in [1.807, 2.05) is 36.2 Å². The van der Waals surface area contributed by atoms with E-state index in [1.165, 1.54) is 17.4 Å². The number of benzene rings is 1. The predicted molar refractivity (Wildman–Crippen MR) is 170 cm³/mol. The average Bonchev–Trinajstić information content (AvgIpc) is 3.66. The number of carbonyl (C=O) groups excluding carboxylic acids is 2. The molecule has 0 aliphatic heterocycles. The molecule has 0 radical (unpaired) electrons. The number of ether oxygens (including phenoxy) is 1. The summed E-state index contributed by atoms with van der Waals surface area (Å²) in [7, 11) is 0. The van der Waals surface area contributed by atoms with Crippen LogP contribution in [0.1, 0.15) is 71.4 Å². The molecule has 226 valence electrons. The van der Waals surface area contributed by atoms with Gasteiger partial charge in [0.25, 0.3) is 0 Å². The van der Waals surface area contributed by atoms with Crippen LogP contribution in [0.4, 0.5) is 4.39 Å². The summed E-state index contributed by atoms with van der Waals surface area (Å²) in [5, 5.41) is 0. The number of carbonyl (C=O) groups is 2. The largest absolute Gasteiger partial charge is 0.453 e. The van der Waals surface area contributed by atoms with Crippen molar-refractivity contribution in [2.24, 2.45) is 17.3 Å². The van der Waals surface area contributed by atoms with Crippen molar-refractivity contribution in [3.8, 4) is 22.1 Å². The molecular formula is C35H40FN3O3S. The van der Waals surface area contributed by atoms with Gasteiger partial charge in [-0.25, -0.2) is 4.39 Å². The summed E-state index contributed by atoms with van der Waals surface area (Å²) in [4.78, 5) is 37.5. The standard InChI is InChI=1S/C35H40FN3O3S/c1-6-15-39(34(41)22(2)35(3,4)5)21-25-9-11-28(38-20-25)32-19-29-33(43-32)31(13-14-37-29)42-30-12-10-24(18-27(30)36)17-26(40)16-23-7-8-23/h9-14,18-20,22-23H,6-8,15-17,21H2,1-5H3/t22-/m1/s1. The van der Waals surface area contributed by atoms with Gasteiger partial charge in [0, 0.05) is 50.3 Å². The highest BCUT2D eigenvalue weighted by atomic mass is 32.1. The molecule has 6 nitrogen and oxygen atoms in total. The molecule has 3 heterocycles. The van der Waals surface area contributed by atoms with Gasteiger partial charge in [0.2, 0.25) is 5.91 Å². The Morgan fingerprint density at radius 1 is 1.07 bits per heavy atom. The summed E-state index contributed by atoms with van der Waals surface area (Å²) >= 11 is 1.48. The highest BCUT2D eigenvalue weighted by molar-refractivity contribution is 7.22. The highest BCUT2D eigenvalue weighted by Crippen LogP contribution is 2.39. The molecule has 0 bridgehead atoms. The zero-order chi connectivity index (χ0) is 30.7. The lowest BCUT2D eigenvalue weighted by molar-refractivity contribution is -0.139. The monoisotopic (exact) mass is 601 g/mol. The molecule has 8 heteroatoms. The molecule has 1 aliphatic rings. The zero-order valence-corrected chi connectivity index (χ0v) is 26.5. The fraction of sp³-hybridized carbons (Fsp3) is 0.429. The van der Waals surface area contributed by atoms with Crippen molar-refractivity contribution < 1.29 is 18.7 Å². The molecule has 1 aliphatic carbocycles. The Kier molecular flexibility index (Phi) is 9.25. The van der Waals surface area contributed by atoms with Crippen LogP contribution < -0.4 is 4.74 Å². The molecule has 0 saturated heterocycles. The lowest BCUT2D eigenvalue weighted by Crippen LogP contribution is -2.40. The third-order valence-electron chi connectivity index (χ3n) is 8.13. The SMILES string of the molecule is CCCN(Cc1ccc(-c2cc3nccc(Oc4ccc(CC(=O)CC5CC5)cc4F)c3s2)nc1)C(=O)[C@@H](C)C(C)(C)C. The van der Waals surface area contributed by atoms with Crippen molar-refractivity contribution in [3.05, 3.63) is 71.8 Å². The molecule has 5 rings (SSSR count). The highest BCUT2D eigenvalue weighted by Gasteiger charge is 2.30.